The third-order valence-electron chi connectivity index (χ3n) is 10.4. The third kappa shape index (κ3) is 3.94. The van der Waals surface area contributed by atoms with Crippen molar-refractivity contribution in [1.82, 2.24) is 0 Å². The molecule has 1 saturated carbocycles. The van der Waals surface area contributed by atoms with Gasteiger partial charge in [0.25, 0.3) is 5.69 Å². The van der Waals surface area contributed by atoms with Gasteiger partial charge < -0.3 is 5.11 Å². The Balaban J connectivity index is 1.37. The number of allylic oxidation sites excluding steroid dienone is 2. The first kappa shape index (κ1) is 28.6. The molecule has 3 fully saturated rings. The summed E-state index contributed by atoms with van der Waals surface area (Å²) in [6, 6.07) is 17.9. The smallest absolute Gasteiger partial charge is 0.271 e. The Morgan fingerprint density at radius 3 is 2.18 bits per heavy atom. The molecule has 45 heavy (non-hydrogen) atoms. The Kier molecular flexibility index (Phi) is 6.33. The number of carbonyl (C=O) groups is 4. The molecule has 10 heteroatoms. The number of fused-ring (bicyclic) bond motifs is 4. The lowest BCUT2D eigenvalue weighted by Gasteiger charge is -2.49. The quantitative estimate of drug-likeness (QED) is 0.183. The van der Waals surface area contributed by atoms with Gasteiger partial charge in [-0.1, -0.05) is 48.0 Å². The first-order chi connectivity index (χ1) is 21.4. The average molecular weight is 606 g/mol. The van der Waals surface area contributed by atoms with Gasteiger partial charge in [0.05, 0.1) is 39.5 Å². The molecule has 10 nitrogen and oxygen atoms in total. The number of hydrogen-bond donors (Lipinski definition) is 1. The van der Waals surface area contributed by atoms with E-state index in [0.717, 1.165) is 16.0 Å². The minimum atomic E-state index is -1.19. The van der Waals surface area contributed by atoms with Crippen LogP contribution in [0.1, 0.15) is 42.4 Å². The largest absolute Gasteiger partial charge is 0.507 e. The van der Waals surface area contributed by atoms with Gasteiger partial charge in [0.15, 0.2) is 0 Å². The Morgan fingerprint density at radius 2 is 1.51 bits per heavy atom. The molecule has 4 amide bonds. The second kappa shape index (κ2) is 9.95. The number of nitrogens with zero attached hydrogens (tertiary/aromatic N) is 3. The van der Waals surface area contributed by atoms with Crippen LogP contribution in [-0.2, 0) is 19.2 Å². The first-order valence-corrected chi connectivity index (χ1v) is 15.0. The maximum absolute atomic E-state index is 14.5. The fourth-order valence-corrected chi connectivity index (χ4v) is 8.37. The number of nitro groups is 1. The van der Waals surface area contributed by atoms with E-state index in [0.29, 0.717) is 16.8 Å². The van der Waals surface area contributed by atoms with Gasteiger partial charge in [0, 0.05) is 18.1 Å². The number of phenols is 1. The number of hydrogen-bond acceptors (Lipinski definition) is 7. The van der Waals surface area contributed by atoms with Gasteiger partial charge in [-0.3, -0.25) is 29.3 Å². The normalized spacial score (nSPS) is 29.0. The zero-order valence-corrected chi connectivity index (χ0v) is 25.0. The number of nitro benzene ring substituents is 1. The average Bonchev–Trinajstić information content (AvgIpc) is 3.39. The van der Waals surface area contributed by atoms with Crippen molar-refractivity contribution in [3.05, 3.63) is 105 Å². The van der Waals surface area contributed by atoms with E-state index in [2.05, 4.69) is 0 Å². The molecule has 2 aliphatic carbocycles. The van der Waals surface area contributed by atoms with Crippen LogP contribution in [0.4, 0.5) is 17.1 Å². The van der Waals surface area contributed by atoms with Crippen molar-refractivity contribution in [3.63, 3.8) is 0 Å². The molecular weight excluding hydrogens is 574 g/mol. The first-order valence-electron chi connectivity index (χ1n) is 15.0. The Labute approximate surface area is 259 Å². The number of benzene rings is 3. The van der Waals surface area contributed by atoms with Gasteiger partial charge >= 0.3 is 0 Å². The van der Waals surface area contributed by atoms with E-state index in [9.17, 15) is 34.4 Å². The van der Waals surface area contributed by atoms with Crippen LogP contribution in [0.3, 0.4) is 0 Å². The van der Waals surface area contributed by atoms with E-state index >= 15 is 0 Å². The number of rotatable bonds is 4. The van der Waals surface area contributed by atoms with Crippen LogP contribution in [0.2, 0.25) is 0 Å². The molecule has 0 bridgehead atoms. The molecular formula is C35H31N3O7. The van der Waals surface area contributed by atoms with Crippen molar-refractivity contribution >= 4 is 40.7 Å². The van der Waals surface area contributed by atoms with Gasteiger partial charge in [-0.05, 0) is 74.4 Å². The highest BCUT2D eigenvalue weighted by Gasteiger charge is 2.67. The summed E-state index contributed by atoms with van der Waals surface area (Å²) in [6.07, 6.45) is 2.41. The summed E-state index contributed by atoms with van der Waals surface area (Å²) in [5.41, 5.74) is 2.03. The predicted octanol–water partition coefficient (Wildman–Crippen LogP) is 5.35. The molecule has 2 heterocycles. The summed E-state index contributed by atoms with van der Waals surface area (Å²) in [5, 5.41) is 22.1. The van der Waals surface area contributed by atoms with Crippen LogP contribution in [0.5, 0.6) is 5.75 Å². The molecule has 1 N–H and O–H groups in total. The number of imide groups is 2. The fraction of sp³-hybridized carbons (Fsp3) is 0.314. The zero-order valence-electron chi connectivity index (χ0n) is 25.0. The summed E-state index contributed by atoms with van der Waals surface area (Å²) in [5.74, 6) is -4.80. The number of non-ortho nitro benzene ring substituents is 1. The lowest BCUT2D eigenvalue weighted by Crippen LogP contribution is -2.49. The number of para-hydroxylation sites is 1. The molecule has 228 valence electrons. The number of carbonyl (C=O) groups excluding carboxylic acids is 4. The molecule has 4 aliphatic rings. The predicted molar refractivity (Wildman–Crippen MR) is 164 cm³/mol. The SMILES string of the molecule is Cc1cc(C2C3=CCC4C(=O)N(c5cccc([N+](=O)[O-])c5)C(=O)C4C3CC3C(=O)N(c4ccccc4)C(=O)C32C)cc(C)c1O. The van der Waals surface area contributed by atoms with Crippen LogP contribution in [-0.4, -0.2) is 33.7 Å². The van der Waals surface area contributed by atoms with E-state index in [1.807, 2.05) is 31.2 Å². The monoisotopic (exact) mass is 605 g/mol. The summed E-state index contributed by atoms with van der Waals surface area (Å²) in [4.78, 5) is 69.9. The second-order valence-corrected chi connectivity index (χ2v) is 12.8. The van der Waals surface area contributed by atoms with Crippen LogP contribution in [0.15, 0.2) is 78.4 Å². The number of aromatic hydroxyl groups is 1. The highest BCUT2D eigenvalue weighted by Crippen LogP contribution is 2.64. The van der Waals surface area contributed by atoms with Crippen molar-refractivity contribution in [1.29, 1.82) is 0 Å². The maximum Gasteiger partial charge on any atom is 0.271 e. The zero-order chi connectivity index (χ0) is 31.9. The second-order valence-electron chi connectivity index (χ2n) is 12.8. The summed E-state index contributed by atoms with van der Waals surface area (Å²) < 4.78 is 0. The number of amides is 4. The van der Waals surface area contributed by atoms with E-state index < -0.39 is 51.7 Å². The maximum atomic E-state index is 14.5. The summed E-state index contributed by atoms with van der Waals surface area (Å²) >= 11 is 0. The highest BCUT2D eigenvalue weighted by molar-refractivity contribution is 6.25. The lowest BCUT2D eigenvalue weighted by atomic mass is 9.51. The molecule has 2 saturated heterocycles. The number of aryl methyl sites for hydroxylation is 2. The molecule has 3 aromatic rings. The molecule has 7 rings (SSSR count). The minimum absolute atomic E-state index is 0.138. The third-order valence-corrected chi connectivity index (χ3v) is 10.4. The summed E-state index contributed by atoms with van der Waals surface area (Å²) in [6.45, 7) is 5.39. The molecule has 6 atom stereocenters. The van der Waals surface area contributed by atoms with Crippen LogP contribution >= 0.6 is 0 Å². The van der Waals surface area contributed by atoms with E-state index in [1.165, 1.54) is 29.2 Å². The van der Waals surface area contributed by atoms with Crippen molar-refractivity contribution in [2.24, 2.45) is 29.1 Å². The minimum Gasteiger partial charge on any atom is -0.507 e. The van der Waals surface area contributed by atoms with Gasteiger partial charge in [-0.2, -0.15) is 0 Å². The standard InChI is InChI=1S/C35H31N3O7/c1-18-14-20(15-19(2)30(18)39)29-24-12-13-25-28(33(42)36(31(25)40)22-10-7-11-23(16-22)38(44)45)26(24)17-27-32(41)37(34(43)35(27,29)3)21-8-5-4-6-9-21/h4-12,14-16,25-29,39H,13,17H2,1-3H3. The van der Waals surface area contributed by atoms with Gasteiger partial charge in [0.2, 0.25) is 23.6 Å². The number of anilines is 2. The Bertz CT molecular complexity index is 1840. The van der Waals surface area contributed by atoms with Crippen molar-refractivity contribution in [3.8, 4) is 5.75 Å². The molecule has 0 spiro atoms. The Hall–Kier alpha value is -5.12. The Morgan fingerprint density at radius 1 is 0.844 bits per heavy atom. The van der Waals surface area contributed by atoms with Crippen LogP contribution < -0.4 is 9.80 Å². The molecule has 2 aliphatic heterocycles. The van der Waals surface area contributed by atoms with E-state index in [4.69, 9.17) is 0 Å². The van der Waals surface area contributed by atoms with Crippen molar-refractivity contribution in [2.45, 2.75) is 39.5 Å². The van der Waals surface area contributed by atoms with Crippen LogP contribution in [0.25, 0.3) is 0 Å². The van der Waals surface area contributed by atoms with Gasteiger partial charge in [-0.15, -0.1) is 0 Å². The number of phenolic OH excluding ortho intramolecular Hbond substituents is 1. The molecule has 3 aromatic carbocycles. The molecule has 0 aromatic heterocycles. The molecule has 6 unspecified atom stereocenters. The van der Waals surface area contributed by atoms with E-state index in [1.54, 1.807) is 38.1 Å². The van der Waals surface area contributed by atoms with Gasteiger partial charge in [0.1, 0.15) is 5.75 Å². The highest BCUT2D eigenvalue weighted by atomic mass is 16.6. The van der Waals surface area contributed by atoms with Crippen molar-refractivity contribution in [2.75, 3.05) is 9.80 Å². The lowest BCUT2D eigenvalue weighted by molar-refractivity contribution is -0.384. The van der Waals surface area contributed by atoms with Crippen LogP contribution in [0, 0.1) is 53.0 Å². The van der Waals surface area contributed by atoms with Gasteiger partial charge in [-0.25, -0.2) is 9.80 Å². The van der Waals surface area contributed by atoms with Crippen molar-refractivity contribution < 1.29 is 29.2 Å². The fourth-order valence-electron chi connectivity index (χ4n) is 8.37. The molecule has 0 radical (unpaired) electrons. The topological polar surface area (TPSA) is 138 Å². The van der Waals surface area contributed by atoms with E-state index in [-0.39, 0.29) is 41.8 Å². The summed E-state index contributed by atoms with van der Waals surface area (Å²) in [7, 11) is 0.